The number of aliphatic hydroxyl groups excluding tert-OH is 1. The van der Waals surface area contributed by atoms with E-state index in [9.17, 15) is 14.7 Å². The van der Waals surface area contributed by atoms with Gasteiger partial charge in [-0.2, -0.15) is 4.98 Å². The van der Waals surface area contributed by atoms with E-state index in [0.717, 1.165) is 4.57 Å². The number of anilines is 1. The number of aliphatic hydroxyl groups is 1. The maximum Gasteiger partial charge on any atom is 0.329 e. The van der Waals surface area contributed by atoms with Crippen LogP contribution in [0.1, 0.15) is 12.6 Å². The molecule has 13 heteroatoms. The third kappa shape index (κ3) is 3.00. The summed E-state index contributed by atoms with van der Waals surface area (Å²) in [5, 5.41) is 9.98. The number of nitrogens with one attached hydrogen (secondary N) is 2. The zero-order valence-corrected chi connectivity index (χ0v) is 12.6. The molecule has 126 valence electrons. The van der Waals surface area contributed by atoms with Crippen molar-refractivity contribution in [3.05, 3.63) is 20.8 Å². The number of aromatic nitrogens is 4. The number of ether oxygens (including phenoxy) is 1. The van der Waals surface area contributed by atoms with Crippen molar-refractivity contribution in [3.8, 4) is 0 Å². The second-order valence-electron chi connectivity index (χ2n) is 4.98. The fraction of sp³-hybridized carbons (Fsp3) is 0.500. The molecule has 3 rings (SSSR count). The van der Waals surface area contributed by atoms with Gasteiger partial charge in [0, 0.05) is 6.42 Å². The van der Waals surface area contributed by atoms with Crippen molar-refractivity contribution >= 4 is 25.6 Å². The molecule has 2 aromatic rings. The minimum absolute atomic E-state index is 0.0262. The lowest BCUT2D eigenvalue weighted by Crippen LogP contribution is -2.26. The van der Waals surface area contributed by atoms with Crippen LogP contribution >= 0.6 is 8.53 Å². The van der Waals surface area contributed by atoms with Crippen molar-refractivity contribution in [2.75, 3.05) is 12.3 Å². The SMILES string of the molecule is Nc1nc2c([nH]c(=O)n2[C@H]2C[C@H](O)[C@@H](COP(N)O)O2)c(=O)[nH]1. The van der Waals surface area contributed by atoms with E-state index < -0.39 is 38.2 Å². The van der Waals surface area contributed by atoms with Crippen LogP contribution in [0.2, 0.25) is 0 Å². The van der Waals surface area contributed by atoms with Gasteiger partial charge < -0.3 is 25.0 Å². The third-order valence-electron chi connectivity index (χ3n) is 3.46. The number of hydrogen-bond donors (Lipinski definition) is 6. The molecular weight excluding hydrogens is 331 g/mol. The van der Waals surface area contributed by atoms with Crippen LogP contribution in [0.25, 0.3) is 11.2 Å². The lowest BCUT2D eigenvalue weighted by Gasteiger charge is -2.15. The number of aromatic amines is 2. The summed E-state index contributed by atoms with van der Waals surface area (Å²) in [6, 6.07) is 0. The van der Waals surface area contributed by atoms with Gasteiger partial charge in [0.2, 0.25) is 14.5 Å². The van der Waals surface area contributed by atoms with Crippen LogP contribution in [0, 0.1) is 0 Å². The van der Waals surface area contributed by atoms with Gasteiger partial charge in [-0.15, -0.1) is 0 Å². The molecule has 3 heterocycles. The molecule has 0 aliphatic carbocycles. The maximum atomic E-state index is 12.1. The van der Waals surface area contributed by atoms with Gasteiger partial charge in [0.1, 0.15) is 12.3 Å². The molecule has 0 saturated carbocycles. The molecule has 1 unspecified atom stereocenters. The molecule has 1 aliphatic heterocycles. The molecule has 8 N–H and O–H groups in total. The summed E-state index contributed by atoms with van der Waals surface area (Å²) in [5.41, 5.74) is 9.39. The molecule has 1 fully saturated rings. The Labute approximate surface area is 129 Å². The fourth-order valence-corrected chi connectivity index (χ4v) is 2.77. The van der Waals surface area contributed by atoms with Crippen molar-refractivity contribution in [3.63, 3.8) is 0 Å². The van der Waals surface area contributed by atoms with Crippen molar-refractivity contribution in [2.45, 2.75) is 24.9 Å². The van der Waals surface area contributed by atoms with Crippen molar-refractivity contribution in [2.24, 2.45) is 5.50 Å². The van der Waals surface area contributed by atoms with E-state index in [-0.39, 0.29) is 30.1 Å². The Kier molecular flexibility index (Phi) is 4.19. The monoisotopic (exact) mass is 346 g/mol. The first kappa shape index (κ1) is 16.1. The molecule has 0 radical (unpaired) electrons. The minimum atomic E-state index is -2.08. The molecular formula is C10H15N6O6P. The number of fused-ring (bicyclic) bond motifs is 1. The molecule has 0 spiro atoms. The third-order valence-corrected chi connectivity index (χ3v) is 3.87. The highest BCUT2D eigenvalue weighted by molar-refractivity contribution is 7.43. The first-order valence-corrected chi connectivity index (χ1v) is 7.85. The van der Waals surface area contributed by atoms with E-state index in [2.05, 4.69) is 15.0 Å². The van der Waals surface area contributed by atoms with Crippen LogP contribution in [0.3, 0.4) is 0 Å². The predicted molar refractivity (Wildman–Crippen MR) is 79.2 cm³/mol. The summed E-state index contributed by atoms with van der Waals surface area (Å²) >= 11 is 0. The van der Waals surface area contributed by atoms with E-state index in [0.29, 0.717) is 0 Å². The average molecular weight is 346 g/mol. The fourth-order valence-electron chi connectivity index (χ4n) is 2.47. The second-order valence-corrected chi connectivity index (χ2v) is 5.84. The topological polar surface area (TPSA) is 194 Å². The summed E-state index contributed by atoms with van der Waals surface area (Å²) in [6.07, 6.45) is -2.51. The van der Waals surface area contributed by atoms with Crippen LogP contribution < -0.4 is 22.5 Å². The molecule has 1 saturated heterocycles. The molecule has 12 nitrogen and oxygen atoms in total. The molecule has 23 heavy (non-hydrogen) atoms. The zero-order chi connectivity index (χ0) is 16.7. The van der Waals surface area contributed by atoms with Gasteiger partial charge in [-0.05, 0) is 0 Å². The number of rotatable bonds is 4. The Hall–Kier alpha value is -1.82. The van der Waals surface area contributed by atoms with E-state index >= 15 is 0 Å². The van der Waals surface area contributed by atoms with E-state index in [1.807, 2.05) is 0 Å². The molecule has 2 aromatic heterocycles. The number of nitrogens with zero attached hydrogens (tertiary/aromatic N) is 2. The standard InChI is InChI=1S/C10H15N6O6P/c11-9-14-7-6(8(18)15-9)13-10(19)16(7)5-1-3(17)4(22-5)2-21-23(12)20/h3-5,17,20H,1-2,12H2,(H,13,19)(H3,11,14,15,18)/t3-,4+,5+,23?/m0/s1. The van der Waals surface area contributed by atoms with Gasteiger partial charge >= 0.3 is 5.69 Å². The highest BCUT2D eigenvalue weighted by atomic mass is 31.2. The highest BCUT2D eigenvalue weighted by Gasteiger charge is 2.37. The molecule has 0 aromatic carbocycles. The maximum absolute atomic E-state index is 12.1. The van der Waals surface area contributed by atoms with E-state index in [4.69, 9.17) is 25.4 Å². The zero-order valence-electron chi connectivity index (χ0n) is 11.7. The van der Waals surface area contributed by atoms with Crippen molar-refractivity contribution in [1.82, 2.24) is 19.5 Å². The summed E-state index contributed by atoms with van der Waals surface area (Å²) < 4.78 is 11.5. The van der Waals surface area contributed by atoms with Gasteiger partial charge in [0.15, 0.2) is 11.2 Å². The summed E-state index contributed by atoms with van der Waals surface area (Å²) in [7, 11) is -2.08. The molecule has 0 bridgehead atoms. The lowest BCUT2D eigenvalue weighted by atomic mass is 10.2. The molecule has 1 aliphatic rings. The van der Waals surface area contributed by atoms with Crippen molar-refractivity contribution < 1.29 is 19.3 Å². The van der Waals surface area contributed by atoms with Gasteiger partial charge in [0.25, 0.3) is 5.56 Å². The van der Waals surface area contributed by atoms with Crippen LogP contribution in [0.5, 0.6) is 0 Å². The smallest absolute Gasteiger partial charge is 0.329 e. The normalized spacial score (nSPS) is 26.0. The van der Waals surface area contributed by atoms with E-state index in [1.54, 1.807) is 0 Å². The van der Waals surface area contributed by atoms with Crippen LogP contribution in [0.4, 0.5) is 5.95 Å². The summed E-state index contributed by atoms with van der Waals surface area (Å²) in [4.78, 5) is 41.4. The molecule has 0 amide bonds. The number of nitrogen functional groups attached to an aromatic ring is 1. The van der Waals surface area contributed by atoms with Crippen molar-refractivity contribution in [1.29, 1.82) is 0 Å². The van der Waals surface area contributed by atoms with Crippen LogP contribution in [-0.4, -0.2) is 48.3 Å². The number of hydrogen-bond acceptors (Lipinski definition) is 9. The summed E-state index contributed by atoms with van der Waals surface area (Å²) in [6.45, 7) is -0.135. The van der Waals surface area contributed by atoms with Gasteiger partial charge in [-0.25, -0.2) is 9.36 Å². The molecule has 4 atom stereocenters. The Morgan fingerprint density at radius 2 is 2.22 bits per heavy atom. The van der Waals surface area contributed by atoms with Gasteiger partial charge in [-0.1, -0.05) is 0 Å². The largest absolute Gasteiger partial charge is 0.390 e. The highest BCUT2D eigenvalue weighted by Crippen LogP contribution is 2.31. The minimum Gasteiger partial charge on any atom is -0.390 e. The van der Waals surface area contributed by atoms with Gasteiger partial charge in [0.05, 0.1) is 12.7 Å². The van der Waals surface area contributed by atoms with Crippen LogP contribution in [-0.2, 0) is 9.26 Å². The Balaban J connectivity index is 1.94. The number of imidazole rings is 1. The summed E-state index contributed by atoms with van der Waals surface area (Å²) in [5.74, 6) is -0.150. The van der Waals surface area contributed by atoms with Gasteiger partial charge in [-0.3, -0.25) is 20.3 Å². The Bertz CT molecular complexity index is 829. The number of H-pyrrole nitrogens is 2. The first-order chi connectivity index (χ1) is 10.9. The quantitative estimate of drug-likeness (QED) is 0.334. The average Bonchev–Trinajstić information content (AvgIpc) is 2.96. The lowest BCUT2D eigenvalue weighted by molar-refractivity contribution is -0.0388. The van der Waals surface area contributed by atoms with E-state index in [1.165, 1.54) is 0 Å². The van der Waals surface area contributed by atoms with Crippen LogP contribution in [0.15, 0.2) is 9.59 Å². The number of nitrogens with two attached hydrogens (primary N) is 2. The first-order valence-electron chi connectivity index (χ1n) is 6.57. The Morgan fingerprint density at radius 3 is 2.91 bits per heavy atom. The predicted octanol–water partition coefficient (Wildman–Crippen LogP) is -2.16. The second kappa shape index (κ2) is 6.00. The Morgan fingerprint density at radius 1 is 1.48 bits per heavy atom.